The molecule has 0 aliphatic rings. The molecule has 0 radical (unpaired) electrons. The summed E-state index contributed by atoms with van der Waals surface area (Å²) < 4.78 is 0. The molecule has 0 atom stereocenters. The van der Waals surface area contributed by atoms with E-state index < -0.39 is 11.1 Å². The molecule has 2 aromatic carbocycles. The molecular formula is C14H10ClNO2. The highest BCUT2D eigenvalue weighted by molar-refractivity contribution is 6.82. The number of amides is 1. The van der Waals surface area contributed by atoms with Crippen LogP contribution in [0.2, 0.25) is 0 Å². The van der Waals surface area contributed by atoms with Crippen molar-refractivity contribution in [3.8, 4) is 11.1 Å². The molecule has 90 valence electrons. The first-order valence-electron chi connectivity index (χ1n) is 5.34. The third-order valence-electron chi connectivity index (χ3n) is 2.44. The Morgan fingerprint density at radius 2 is 1.50 bits per heavy atom. The average Bonchev–Trinajstić information content (AvgIpc) is 2.40. The van der Waals surface area contributed by atoms with Crippen LogP contribution < -0.4 is 5.32 Å². The lowest BCUT2D eigenvalue weighted by atomic mass is 10.0. The molecule has 0 unspecified atom stereocenters. The molecule has 0 spiro atoms. The molecule has 1 N–H and O–H groups in total. The summed E-state index contributed by atoms with van der Waals surface area (Å²) in [6.07, 6.45) is 0. The summed E-state index contributed by atoms with van der Waals surface area (Å²) >= 11 is 5.13. The van der Waals surface area contributed by atoms with Crippen LogP contribution in [0.1, 0.15) is 0 Å². The lowest BCUT2D eigenvalue weighted by molar-refractivity contribution is -0.130. The molecule has 0 saturated carbocycles. The summed E-state index contributed by atoms with van der Waals surface area (Å²) in [7, 11) is 0. The van der Waals surface area contributed by atoms with Crippen LogP contribution in [0.3, 0.4) is 0 Å². The van der Waals surface area contributed by atoms with Crippen molar-refractivity contribution in [2.45, 2.75) is 0 Å². The van der Waals surface area contributed by atoms with E-state index in [4.69, 9.17) is 11.6 Å². The molecule has 0 aliphatic heterocycles. The molecule has 3 nitrogen and oxygen atoms in total. The average molecular weight is 260 g/mol. The van der Waals surface area contributed by atoms with E-state index in [9.17, 15) is 9.59 Å². The van der Waals surface area contributed by atoms with Gasteiger partial charge in [-0.15, -0.1) is 0 Å². The molecule has 0 aromatic heterocycles. The van der Waals surface area contributed by atoms with Gasteiger partial charge in [-0.25, -0.2) is 0 Å². The van der Waals surface area contributed by atoms with E-state index in [-0.39, 0.29) is 0 Å². The molecule has 0 bridgehead atoms. The van der Waals surface area contributed by atoms with Crippen molar-refractivity contribution in [1.82, 2.24) is 0 Å². The Labute approximate surface area is 109 Å². The molecule has 18 heavy (non-hydrogen) atoms. The molecule has 0 fully saturated rings. The number of para-hydroxylation sites is 1. The standard InChI is InChI=1S/C14H10ClNO2/c15-13(17)14(18)16-12-9-5-4-8-11(12)10-6-2-1-3-7-10/h1-9H,(H,16,18). The lowest BCUT2D eigenvalue weighted by Crippen LogP contribution is -2.18. The Morgan fingerprint density at radius 3 is 2.17 bits per heavy atom. The molecule has 0 heterocycles. The molecule has 2 aromatic rings. The second-order valence-electron chi connectivity index (χ2n) is 3.64. The number of rotatable bonds is 3. The smallest absolute Gasteiger partial charge is 0.310 e. The molecule has 1 amide bonds. The number of hydrogen-bond acceptors (Lipinski definition) is 2. The van der Waals surface area contributed by atoms with Gasteiger partial charge < -0.3 is 5.32 Å². The third kappa shape index (κ3) is 2.76. The van der Waals surface area contributed by atoms with E-state index in [0.29, 0.717) is 5.69 Å². The number of anilines is 1. The van der Waals surface area contributed by atoms with Crippen LogP contribution in [0.4, 0.5) is 5.69 Å². The first kappa shape index (κ1) is 12.3. The Bertz CT molecular complexity index is 581. The van der Waals surface area contributed by atoms with Crippen molar-refractivity contribution in [3.05, 3.63) is 54.6 Å². The SMILES string of the molecule is O=C(Cl)C(=O)Nc1ccccc1-c1ccccc1. The normalized spacial score (nSPS) is 9.83. The second-order valence-corrected chi connectivity index (χ2v) is 3.98. The van der Waals surface area contributed by atoms with Gasteiger partial charge in [0.05, 0.1) is 0 Å². The van der Waals surface area contributed by atoms with Crippen LogP contribution in [-0.4, -0.2) is 11.1 Å². The van der Waals surface area contributed by atoms with Crippen LogP contribution in [-0.2, 0) is 9.59 Å². The number of carbonyl (C=O) groups is 2. The summed E-state index contributed by atoms with van der Waals surface area (Å²) in [6.45, 7) is 0. The quantitative estimate of drug-likeness (QED) is 0.680. The van der Waals surface area contributed by atoms with E-state index in [0.717, 1.165) is 11.1 Å². The highest BCUT2D eigenvalue weighted by atomic mass is 35.5. The molecular weight excluding hydrogens is 250 g/mol. The van der Waals surface area contributed by atoms with E-state index >= 15 is 0 Å². The largest absolute Gasteiger partial charge is 0.318 e. The van der Waals surface area contributed by atoms with Gasteiger partial charge in [0.1, 0.15) is 0 Å². The van der Waals surface area contributed by atoms with Crippen LogP contribution >= 0.6 is 11.6 Å². The van der Waals surface area contributed by atoms with E-state index in [1.807, 2.05) is 42.5 Å². The van der Waals surface area contributed by atoms with Gasteiger partial charge in [0.15, 0.2) is 0 Å². The predicted molar refractivity (Wildman–Crippen MR) is 71.4 cm³/mol. The van der Waals surface area contributed by atoms with Gasteiger partial charge in [-0.1, -0.05) is 48.5 Å². The molecule has 4 heteroatoms. The third-order valence-corrected chi connectivity index (χ3v) is 2.61. The maximum atomic E-state index is 11.3. The predicted octanol–water partition coefficient (Wildman–Crippen LogP) is 3.06. The van der Waals surface area contributed by atoms with Crippen molar-refractivity contribution >= 4 is 28.4 Å². The summed E-state index contributed by atoms with van der Waals surface area (Å²) in [5.41, 5.74) is 2.35. The van der Waals surface area contributed by atoms with Gasteiger partial charge in [0, 0.05) is 11.3 Å². The number of halogens is 1. The van der Waals surface area contributed by atoms with Crippen molar-refractivity contribution in [2.75, 3.05) is 5.32 Å². The Kier molecular flexibility index (Phi) is 3.75. The lowest BCUT2D eigenvalue weighted by Gasteiger charge is -2.09. The number of carbonyl (C=O) groups excluding carboxylic acids is 2. The Balaban J connectivity index is 2.38. The number of benzene rings is 2. The van der Waals surface area contributed by atoms with Gasteiger partial charge in [0.2, 0.25) is 0 Å². The number of nitrogens with one attached hydrogen (secondary N) is 1. The van der Waals surface area contributed by atoms with Gasteiger partial charge in [-0.2, -0.15) is 0 Å². The minimum Gasteiger partial charge on any atom is -0.318 e. The van der Waals surface area contributed by atoms with Gasteiger partial charge in [0.25, 0.3) is 0 Å². The van der Waals surface area contributed by atoms with E-state index in [1.165, 1.54) is 0 Å². The maximum absolute atomic E-state index is 11.3. The minimum absolute atomic E-state index is 0.558. The van der Waals surface area contributed by atoms with Crippen LogP contribution in [0.5, 0.6) is 0 Å². The van der Waals surface area contributed by atoms with E-state index in [1.54, 1.807) is 12.1 Å². The van der Waals surface area contributed by atoms with Crippen molar-refractivity contribution in [2.24, 2.45) is 0 Å². The first-order chi connectivity index (χ1) is 8.68. The van der Waals surface area contributed by atoms with Crippen molar-refractivity contribution in [1.29, 1.82) is 0 Å². The molecule has 2 rings (SSSR count). The minimum atomic E-state index is -1.03. The Hall–Kier alpha value is -2.13. The summed E-state index contributed by atoms with van der Waals surface area (Å²) in [4.78, 5) is 22.1. The van der Waals surface area contributed by atoms with Crippen LogP contribution in [0.25, 0.3) is 11.1 Å². The monoisotopic (exact) mass is 259 g/mol. The fourth-order valence-electron chi connectivity index (χ4n) is 1.63. The molecule has 0 aliphatic carbocycles. The van der Waals surface area contributed by atoms with Crippen molar-refractivity contribution < 1.29 is 9.59 Å². The Morgan fingerprint density at radius 1 is 0.889 bits per heavy atom. The van der Waals surface area contributed by atoms with Crippen LogP contribution in [0.15, 0.2) is 54.6 Å². The first-order valence-corrected chi connectivity index (χ1v) is 5.71. The van der Waals surface area contributed by atoms with E-state index in [2.05, 4.69) is 5.32 Å². The van der Waals surface area contributed by atoms with Gasteiger partial charge >= 0.3 is 11.1 Å². The van der Waals surface area contributed by atoms with Gasteiger partial charge in [-0.05, 0) is 23.2 Å². The fourth-order valence-corrected chi connectivity index (χ4v) is 1.68. The fraction of sp³-hybridized carbons (Fsp3) is 0. The maximum Gasteiger partial charge on any atom is 0.310 e. The zero-order chi connectivity index (χ0) is 13.0. The zero-order valence-electron chi connectivity index (χ0n) is 9.39. The summed E-state index contributed by atoms with van der Waals surface area (Å²) in [5.74, 6) is -0.833. The summed E-state index contributed by atoms with van der Waals surface area (Å²) in [6, 6.07) is 16.8. The second kappa shape index (κ2) is 5.47. The summed E-state index contributed by atoms with van der Waals surface area (Å²) in [5, 5.41) is 1.46. The molecule has 0 saturated heterocycles. The topological polar surface area (TPSA) is 46.2 Å². The van der Waals surface area contributed by atoms with Gasteiger partial charge in [-0.3, -0.25) is 9.59 Å². The van der Waals surface area contributed by atoms with Crippen molar-refractivity contribution in [3.63, 3.8) is 0 Å². The number of hydrogen-bond donors (Lipinski definition) is 1. The highest BCUT2D eigenvalue weighted by Gasteiger charge is 2.12. The van der Waals surface area contributed by atoms with Crippen LogP contribution in [0, 0.1) is 0 Å². The highest BCUT2D eigenvalue weighted by Crippen LogP contribution is 2.27. The zero-order valence-corrected chi connectivity index (χ0v) is 10.1.